The number of fused-ring (bicyclic) bond motifs is 3. The molecule has 6 aromatic rings. The third-order valence-electron chi connectivity index (χ3n) is 5.74. The van der Waals surface area contributed by atoms with Crippen molar-refractivity contribution in [2.75, 3.05) is 5.43 Å². The van der Waals surface area contributed by atoms with E-state index in [9.17, 15) is 0 Å². The summed E-state index contributed by atoms with van der Waals surface area (Å²) in [6.45, 7) is 0. The highest BCUT2D eigenvalue weighted by Gasteiger charge is 2.17. The Morgan fingerprint density at radius 1 is 0.737 bits per heavy atom. The van der Waals surface area contributed by atoms with Crippen LogP contribution in [-0.4, -0.2) is 24.1 Å². The molecule has 0 saturated heterocycles. The fourth-order valence-electron chi connectivity index (χ4n) is 4.00. The van der Waals surface area contributed by atoms with Gasteiger partial charge in [-0.25, -0.2) is 15.0 Å². The maximum Gasteiger partial charge on any atom is 0.193 e. The molecular weight excluding hydrogens is 561 g/mol. The average Bonchev–Trinajstić information content (AvgIpc) is 3.04. The highest BCUT2D eigenvalue weighted by atomic mass is 35.5. The van der Waals surface area contributed by atoms with Gasteiger partial charge in [0.05, 0.1) is 27.4 Å². The van der Waals surface area contributed by atoms with E-state index in [1.807, 2.05) is 59.2 Å². The van der Waals surface area contributed by atoms with Gasteiger partial charge in [-0.05, 0) is 78.9 Å². The molecule has 6 rings (SSSR count). The van der Waals surface area contributed by atoms with Crippen LogP contribution in [0.4, 0.5) is 5.69 Å². The summed E-state index contributed by atoms with van der Waals surface area (Å²) in [5.74, 6) is 0.571. The molecule has 7 nitrogen and oxygen atoms in total. The summed E-state index contributed by atoms with van der Waals surface area (Å²) in [6, 6.07) is 25.6. The number of aromatic nitrogens is 5. The molecule has 0 saturated carbocycles. The first-order valence-electron chi connectivity index (χ1n) is 11.4. The Labute approximate surface area is 236 Å². The number of rotatable bonds is 4. The van der Waals surface area contributed by atoms with Crippen LogP contribution in [0.15, 0.2) is 96.2 Å². The molecule has 3 aromatic carbocycles. The zero-order valence-electron chi connectivity index (χ0n) is 19.4. The Morgan fingerprint density at radius 3 is 2.08 bits per heavy atom. The molecule has 11 heteroatoms. The standard InChI is InChI=1S/C27H16Cl3N7S/c28-16-8-11-18(12-9-16)36-25-24(35-34-22-15-17(29)10-13-19(22)30)26(33-21-6-2-1-5-20(21)32-25)37(27(36)38)23-7-3-4-14-31-23/h1-15,34H. The molecule has 0 aliphatic heterocycles. The van der Waals surface area contributed by atoms with Crippen LogP contribution in [-0.2, 0) is 0 Å². The van der Waals surface area contributed by atoms with Crippen molar-refractivity contribution in [3.8, 4) is 11.5 Å². The molecule has 3 heterocycles. The summed E-state index contributed by atoms with van der Waals surface area (Å²) in [5.41, 5.74) is 6.56. The monoisotopic (exact) mass is 575 g/mol. The van der Waals surface area contributed by atoms with Crippen molar-refractivity contribution in [2.45, 2.75) is 0 Å². The lowest BCUT2D eigenvalue weighted by atomic mass is 10.3. The van der Waals surface area contributed by atoms with Crippen molar-refractivity contribution < 1.29 is 0 Å². The number of para-hydroxylation sites is 2. The van der Waals surface area contributed by atoms with Crippen molar-refractivity contribution >= 4 is 75.0 Å². The van der Waals surface area contributed by atoms with E-state index >= 15 is 0 Å². The molecular formula is C27H16Cl3N7S. The lowest BCUT2D eigenvalue weighted by Crippen LogP contribution is -2.23. The smallest absolute Gasteiger partial charge is 0.193 e. The van der Waals surface area contributed by atoms with Gasteiger partial charge in [-0.15, -0.1) is 0 Å². The summed E-state index contributed by atoms with van der Waals surface area (Å²) in [7, 11) is 0. The fourth-order valence-corrected chi connectivity index (χ4v) is 4.82. The quantitative estimate of drug-likeness (QED) is 0.175. The van der Waals surface area contributed by atoms with E-state index < -0.39 is 0 Å². The Kier molecular flexibility index (Phi) is 6.55. The van der Waals surface area contributed by atoms with E-state index in [1.54, 1.807) is 41.1 Å². The third kappa shape index (κ3) is 4.52. The maximum absolute atomic E-state index is 6.41. The van der Waals surface area contributed by atoms with E-state index in [0.717, 1.165) is 5.69 Å². The predicted octanol–water partition coefficient (Wildman–Crippen LogP) is 7.38. The van der Waals surface area contributed by atoms with Crippen LogP contribution in [0.5, 0.6) is 0 Å². The second-order valence-electron chi connectivity index (χ2n) is 8.17. The number of nitrogens with zero attached hydrogens (tertiary/aromatic N) is 6. The first-order valence-corrected chi connectivity index (χ1v) is 12.9. The molecule has 186 valence electrons. The van der Waals surface area contributed by atoms with Gasteiger partial charge < -0.3 is 0 Å². The zero-order chi connectivity index (χ0) is 26.2. The van der Waals surface area contributed by atoms with E-state index in [4.69, 9.17) is 62.1 Å². The summed E-state index contributed by atoms with van der Waals surface area (Å²) in [5, 5.41) is 6.74. The van der Waals surface area contributed by atoms with E-state index in [-0.39, 0.29) is 0 Å². The lowest BCUT2D eigenvalue weighted by molar-refractivity contribution is 0.865. The average molecular weight is 577 g/mol. The second kappa shape index (κ2) is 10.2. The molecule has 0 aliphatic rings. The minimum Gasteiger partial charge on any atom is -0.276 e. The van der Waals surface area contributed by atoms with Gasteiger partial charge in [0.25, 0.3) is 0 Å². The van der Waals surface area contributed by atoms with Crippen LogP contribution in [0.25, 0.3) is 33.8 Å². The van der Waals surface area contributed by atoms with Gasteiger partial charge in [-0.3, -0.25) is 14.6 Å². The fraction of sp³-hybridized carbons (Fsp3) is 0. The summed E-state index contributed by atoms with van der Waals surface area (Å²) < 4.78 is 3.99. The molecule has 0 spiro atoms. The van der Waals surface area contributed by atoms with E-state index in [0.29, 0.717) is 59.0 Å². The number of benzene rings is 3. The SMILES string of the molecule is S=c1n(-c2ccc(Cl)cc2)c2nc3ccccc3nc(c2=NNc2cc(Cl)ccc2Cl)n1-c1ccccn1. The number of pyridine rings is 1. The molecule has 0 unspecified atom stereocenters. The van der Waals surface area contributed by atoms with Crippen molar-refractivity contribution in [2.24, 2.45) is 5.10 Å². The number of hydrogen-bond donors (Lipinski definition) is 1. The maximum atomic E-state index is 6.41. The summed E-state index contributed by atoms with van der Waals surface area (Å²) in [4.78, 5) is 14.5. The number of anilines is 1. The van der Waals surface area contributed by atoms with Crippen LogP contribution in [0.2, 0.25) is 15.1 Å². The second-order valence-corrected chi connectivity index (χ2v) is 9.82. The van der Waals surface area contributed by atoms with Gasteiger partial charge >= 0.3 is 0 Å². The lowest BCUT2D eigenvalue weighted by Gasteiger charge is -2.15. The van der Waals surface area contributed by atoms with Crippen LogP contribution < -0.4 is 10.8 Å². The minimum absolute atomic E-state index is 0.399. The summed E-state index contributed by atoms with van der Waals surface area (Å²) in [6.07, 6.45) is 1.69. The molecule has 38 heavy (non-hydrogen) atoms. The minimum atomic E-state index is 0.399. The predicted molar refractivity (Wildman–Crippen MR) is 155 cm³/mol. The molecule has 0 radical (unpaired) electrons. The van der Waals surface area contributed by atoms with Crippen LogP contribution in [0.3, 0.4) is 0 Å². The van der Waals surface area contributed by atoms with Gasteiger partial charge in [0.2, 0.25) is 0 Å². The highest BCUT2D eigenvalue weighted by Crippen LogP contribution is 2.26. The topological polar surface area (TPSA) is 72.9 Å². The first kappa shape index (κ1) is 24.5. The molecule has 1 N–H and O–H groups in total. The van der Waals surface area contributed by atoms with Crippen LogP contribution >= 0.6 is 47.0 Å². The van der Waals surface area contributed by atoms with E-state index in [2.05, 4.69) is 10.4 Å². The van der Waals surface area contributed by atoms with Crippen molar-refractivity contribution in [1.29, 1.82) is 0 Å². The van der Waals surface area contributed by atoms with E-state index in [1.165, 1.54) is 0 Å². The zero-order valence-corrected chi connectivity index (χ0v) is 22.5. The Balaban J connectivity index is 1.81. The van der Waals surface area contributed by atoms with Gasteiger partial charge in [0, 0.05) is 16.2 Å². The van der Waals surface area contributed by atoms with Crippen LogP contribution in [0, 0.1) is 4.77 Å². The van der Waals surface area contributed by atoms with Gasteiger partial charge in [0.15, 0.2) is 21.4 Å². The largest absolute Gasteiger partial charge is 0.276 e. The third-order valence-corrected chi connectivity index (χ3v) is 6.93. The molecule has 2 bridgehead atoms. The molecule has 0 atom stereocenters. The molecule has 0 amide bonds. The highest BCUT2D eigenvalue weighted by molar-refractivity contribution is 7.71. The first-order chi connectivity index (χ1) is 18.5. The Hall–Kier alpha value is -3.82. The summed E-state index contributed by atoms with van der Waals surface area (Å²) >= 11 is 24.9. The van der Waals surface area contributed by atoms with Crippen molar-refractivity contribution in [3.05, 3.63) is 116 Å². The van der Waals surface area contributed by atoms with Crippen molar-refractivity contribution in [1.82, 2.24) is 24.1 Å². The molecule has 0 fully saturated rings. The molecule has 0 aliphatic carbocycles. The van der Waals surface area contributed by atoms with Gasteiger partial charge in [-0.2, -0.15) is 5.10 Å². The number of nitrogens with one attached hydrogen (secondary N) is 1. The van der Waals surface area contributed by atoms with Crippen LogP contribution in [0.1, 0.15) is 0 Å². The van der Waals surface area contributed by atoms with Crippen molar-refractivity contribution in [3.63, 3.8) is 0 Å². The molecule has 3 aromatic heterocycles. The van der Waals surface area contributed by atoms with Gasteiger partial charge in [0.1, 0.15) is 5.82 Å². The normalized spacial score (nSPS) is 11.8. The number of halogens is 3. The van der Waals surface area contributed by atoms with Gasteiger partial charge in [-0.1, -0.05) is 53.0 Å². The number of hydrogen-bond acceptors (Lipinski definition) is 6. The Bertz CT molecular complexity index is 1950. The Morgan fingerprint density at radius 2 is 1.39 bits per heavy atom.